The molecule has 1 aromatic heterocycles. The van der Waals surface area contributed by atoms with Crippen LogP contribution in [0.15, 0.2) is 127 Å². The van der Waals surface area contributed by atoms with Crippen molar-refractivity contribution in [3.05, 3.63) is 138 Å². The standard InChI is InChI=1S/C36H31N7/c1-40-34-31(22-37-23-38-34)42-29-18-10-8-12-24(29)20-21-28-27-17-9-11-19-30(27)43-36(32(28)35(40)42)41(26-15-6-3-7-16-26)33(39-43)25-13-4-2-5-14-25/h2-19,22-23,28,32,35-36H,20-21H2,1H3. The number of fused-ring (bicyclic) bond motifs is 12. The quantitative estimate of drug-likeness (QED) is 0.237. The van der Waals surface area contributed by atoms with Gasteiger partial charge in [-0.1, -0.05) is 84.9 Å². The number of rotatable bonds is 2. The number of aromatic nitrogens is 2. The van der Waals surface area contributed by atoms with Crippen molar-refractivity contribution in [2.24, 2.45) is 11.0 Å². The normalized spacial score (nSPS) is 23.2. The first-order valence-corrected chi connectivity index (χ1v) is 15.1. The van der Waals surface area contributed by atoms with Crippen LogP contribution in [0.1, 0.15) is 29.0 Å². The summed E-state index contributed by atoms with van der Waals surface area (Å²) in [7, 11) is 2.20. The number of anilines is 5. The first-order valence-electron chi connectivity index (χ1n) is 15.1. The van der Waals surface area contributed by atoms with Gasteiger partial charge in [0, 0.05) is 29.9 Å². The Bertz CT molecular complexity index is 1860. The first kappa shape index (κ1) is 24.4. The smallest absolute Gasteiger partial charge is 0.162 e. The Morgan fingerprint density at radius 1 is 0.698 bits per heavy atom. The molecule has 0 N–H and O–H groups in total. The van der Waals surface area contributed by atoms with Crippen molar-refractivity contribution >= 4 is 34.4 Å². The second kappa shape index (κ2) is 9.42. The summed E-state index contributed by atoms with van der Waals surface area (Å²) < 4.78 is 0. The highest BCUT2D eigenvalue weighted by Gasteiger charge is 2.57. The van der Waals surface area contributed by atoms with E-state index in [1.807, 2.05) is 6.20 Å². The molecule has 43 heavy (non-hydrogen) atoms. The number of hydrazone groups is 1. The fourth-order valence-electron chi connectivity index (χ4n) is 7.93. The summed E-state index contributed by atoms with van der Waals surface area (Å²) in [6, 6.07) is 39.2. The fourth-order valence-corrected chi connectivity index (χ4v) is 7.93. The van der Waals surface area contributed by atoms with Crippen LogP contribution in [0.25, 0.3) is 0 Å². The maximum Gasteiger partial charge on any atom is 0.162 e. The van der Waals surface area contributed by atoms with E-state index in [2.05, 4.69) is 141 Å². The molecule has 0 fully saturated rings. The molecule has 0 amide bonds. The Balaban J connectivity index is 1.32. The number of aryl methyl sites for hydroxylation is 1. The molecule has 0 bridgehead atoms. The topological polar surface area (TPSA) is 51.1 Å². The largest absolute Gasteiger partial charge is 0.337 e. The molecule has 4 aromatic carbocycles. The zero-order valence-corrected chi connectivity index (χ0v) is 23.9. The van der Waals surface area contributed by atoms with E-state index in [0.29, 0.717) is 5.92 Å². The summed E-state index contributed by atoms with van der Waals surface area (Å²) in [5.41, 5.74) is 8.47. The lowest BCUT2D eigenvalue weighted by molar-refractivity contribution is 0.266. The van der Waals surface area contributed by atoms with Crippen molar-refractivity contribution in [3.63, 3.8) is 0 Å². The van der Waals surface area contributed by atoms with Crippen LogP contribution in [0.4, 0.5) is 28.6 Å². The zero-order valence-electron chi connectivity index (χ0n) is 23.9. The molecular weight excluding hydrogens is 530 g/mol. The SMILES string of the molecule is CN1c2ncncc2N2c3ccccc3CCC3c4ccccc4N4N=C(c5ccccc5)N(c5ccccc5)C4C3C12. The highest BCUT2D eigenvalue weighted by Crippen LogP contribution is 2.56. The molecule has 5 heterocycles. The van der Waals surface area contributed by atoms with E-state index in [1.165, 1.54) is 22.5 Å². The van der Waals surface area contributed by atoms with E-state index < -0.39 is 0 Å². The lowest BCUT2D eigenvalue weighted by Gasteiger charge is -2.52. The summed E-state index contributed by atoms with van der Waals surface area (Å²) in [5, 5.41) is 7.77. The number of hydrogen-bond donors (Lipinski definition) is 0. The maximum absolute atomic E-state index is 5.47. The molecule has 9 rings (SSSR count). The minimum atomic E-state index is -0.0556. The number of para-hydroxylation sites is 3. The Morgan fingerprint density at radius 2 is 1.42 bits per heavy atom. The summed E-state index contributed by atoms with van der Waals surface area (Å²) in [4.78, 5) is 16.7. The molecule has 7 heteroatoms. The van der Waals surface area contributed by atoms with Crippen LogP contribution in [0.2, 0.25) is 0 Å². The Kier molecular flexibility index (Phi) is 5.35. The molecule has 0 radical (unpaired) electrons. The average molecular weight is 562 g/mol. The Hall–Kier alpha value is -5.17. The minimum Gasteiger partial charge on any atom is -0.337 e. The number of amidine groups is 1. The van der Waals surface area contributed by atoms with Gasteiger partial charge in [0.25, 0.3) is 0 Å². The number of nitrogens with zero attached hydrogens (tertiary/aromatic N) is 7. The van der Waals surface area contributed by atoms with Crippen molar-refractivity contribution in [1.82, 2.24) is 9.97 Å². The van der Waals surface area contributed by atoms with E-state index in [9.17, 15) is 0 Å². The predicted octanol–water partition coefficient (Wildman–Crippen LogP) is 6.76. The van der Waals surface area contributed by atoms with Crippen LogP contribution >= 0.6 is 0 Å². The highest BCUT2D eigenvalue weighted by molar-refractivity contribution is 6.13. The van der Waals surface area contributed by atoms with Crippen LogP contribution in [-0.2, 0) is 6.42 Å². The van der Waals surface area contributed by atoms with E-state index in [4.69, 9.17) is 10.1 Å². The molecular formula is C36H31N7. The van der Waals surface area contributed by atoms with Crippen LogP contribution < -0.4 is 19.7 Å². The van der Waals surface area contributed by atoms with Gasteiger partial charge in [0.15, 0.2) is 11.7 Å². The number of hydrogen-bond acceptors (Lipinski definition) is 7. The zero-order chi connectivity index (χ0) is 28.5. The molecule has 0 aliphatic carbocycles. The molecule has 7 nitrogen and oxygen atoms in total. The van der Waals surface area contributed by atoms with Gasteiger partial charge in [-0.15, -0.1) is 0 Å². The maximum atomic E-state index is 5.47. The predicted molar refractivity (Wildman–Crippen MR) is 172 cm³/mol. The third-order valence-corrected chi connectivity index (χ3v) is 9.65. The van der Waals surface area contributed by atoms with Gasteiger partial charge in [-0.25, -0.2) is 15.0 Å². The highest BCUT2D eigenvalue weighted by atomic mass is 15.6. The molecule has 4 aliphatic heterocycles. The minimum absolute atomic E-state index is 0.00413. The second-order valence-electron chi connectivity index (χ2n) is 11.8. The molecule has 0 saturated carbocycles. The van der Waals surface area contributed by atoms with Gasteiger partial charge < -0.3 is 14.7 Å². The summed E-state index contributed by atoms with van der Waals surface area (Å²) in [6.07, 6.45) is 5.63. The molecule has 210 valence electrons. The van der Waals surface area contributed by atoms with Crippen LogP contribution in [-0.4, -0.2) is 35.2 Å². The molecule has 4 atom stereocenters. The molecule has 4 aliphatic rings. The van der Waals surface area contributed by atoms with Gasteiger partial charge in [0.05, 0.1) is 11.9 Å². The third-order valence-electron chi connectivity index (χ3n) is 9.65. The van der Waals surface area contributed by atoms with Gasteiger partial charge in [-0.2, -0.15) is 5.10 Å². The van der Waals surface area contributed by atoms with Crippen molar-refractivity contribution in [2.75, 3.05) is 26.8 Å². The number of benzene rings is 4. The summed E-state index contributed by atoms with van der Waals surface area (Å²) in [6.45, 7) is 0. The van der Waals surface area contributed by atoms with Gasteiger partial charge >= 0.3 is 0 Å². The van der Waals surface area contributed by atoms with Crippen LogP contribution in [0.3, 0.4) is 0 Å². The first-order chi connectivity index (χ1) is 21.3. The van der Waals surface area contributed by atoms with Crippen molar-refractivity contribution < 1.29 is 0 Å². The monoisotopic (exact) mass is 561 g/mol. The van der Waals surface area contributed by atoms with Gasteiger partial charge in [-0.3, -0.25) is 0 Å². The Morgan fingerprint density at radius 3 is 2.26 bits per heavy atom. The molecule has 0 spiro atoms. The molecule has 5 aromatic rings. The summed E-state index contributed by atoms with van der Waals surface area (Å²) in [5.74, 6) is 2.38. The van der Waals surface area contributed by atoms with Crippen LogP contribution in [0, 0.1) is 5.92 Å². The van der Waals surface area contributed by atoms with Crippen molar-refractivity contribution in [1.29, 1.82) is 0 Å². The van der Waals surface area contributed by atoms with Gasteiger partial charge in [0.1, 0.15) is 24.3 Å². The van der Waals surface area contributed by atoms with Gasteiger partial charge in [-0.05, 0) is 54.2 Å². The molecule has 4 unspecified atom stereocenters. The van der Waals surface area contributed by atoms with E-state index >= 15 is 0 Å². The second-order valence-corrected chi connectivity index (χ2v) is 11.8. The van der Waals surface area contributed by atoms with Gasteiger partial charge in [0.2, 0.25) is 0 Å². The fraction of sp³-hybridized carbons (Fsp3) is 0.194. The van der Waals surface area contributed by atoms with E-state index in [-0.39, 0.29) is 18.2 Å². The Labute approximate surface area is 251 Å². The lowest BCUT2D eigenvalue weighted by Crippen LogP contribution is -2.61. The van der Waals surface area contributed by atoms with Crippen molar-refractivity contribution in [3.8, 4) is 0 Å². The summed E-state index contributed by atoms with van der Waals surface area (Å²) >= 11 is 0. The lowest BCUT2D eigenvalue weighted by atomic mass is 9.73. The molecule has 0 saturated heterocycles. The third kappa shape index (κ3) is 3.51. The average Bonchev–Trinajstić information content (AvgIpc) is 3.60. The van der Waals surface area contributed by atoms with E-state index in [1.54, 1.807) is 6.33 Å². The van der Waals surface area contributed by atoms with E-state index in [0.717, 1.165) is 41.4 Å². The van der Waals surface area contributed by atoms with Crippen molar-refractivity contribution in [2.45, 2.75) is 31.1 Å². The van der Waals surface area contributed by atoms with Crippen LogP contribution in [0.5, 0.6) is 0 Å².